The van der Waals surface area contributed by atoms with Crippen molar-refractivity contribution in [3.63, 3.8) is 0 Å². The second-order valence-corrected chi connectivity index (χ2v) is 3.04. The molecule has 1 aromatic rings. The molecule has 2 heteroatoms. The Bertz CT molecular complexity index is 367. The summed E-state index contributed by atoms with van der Waals surface area (Å²) in [4.78, 5) is 11.4. The molecule has 0 aliphatic heterocycles. The molecule has 0 radical (unpaired) electrons. The lowest BCUT2D eigenvalue weighted by Gasteiger charge is -2.16. The first-order valence-electron chi connectivity index (χ1n) is 4.04. The van der Waals surface area contributed by atoms with Gasteiger partial charge in [0.1, 0.15) is 5.60 Å². The predicted octanol–water partition coefficient (Wildman–Crippen LogP) is 1.44. The molecule has 2 nitrogen and oxygen atoms in total. The normalized spacial score (nSPS) is 14.6. The molecule has 0 saturated carbocycles. The zero-order valence-electron chi connectivity index (χ0n) is 7.53. The van der Waals surface area contributed by atoms with E-state index in [1.54, 1.807) is 24.3 Å². The van der Waals surface area contributed by atoms with Gasteiger partial charge in [-0.25, -0.2) is 0 Å². The third kappa shape index (κ3) is 2.04. The van der Waals surface area contributed by atoms with Gasteiger partial charge in [-0.1, -0.05) is 36.9 Å². The fraction of sp³-hybridized carbons (Fsp3) is 0.182. The standard InChI is InChI=1S/C11H12O2/c1-3-11(2,13)9-7-5-4-6-8-10(9)12/h3-8,13H,1H2,2H3. The molecular weight excluding hydrogens is 164 g/mol. The monoisotopic (exact) mass is 176 g/mol. The van der Waals surface area contributed by atoms with Crippen LogP contribution in [0.3, 0.4) is 0 Å². The van der Waals surface area contributed by atoms with Crippen LogP contribution >= 0.6 is 0 Å². The highest BCUT2D eigenvalue weighted by molar-refractivity contribution is 5.24. The first-order valence-corrected chi connectivity index (χ1v) is 4.04. The van der Waals surface area contributed by atoms with E-state index in [2.05, 4.69) is 6.58 Å². The van der Waals surface area contributed by atoms with Gasteiger partial charge in [0.25, 0.3) is 0 Å². The highest BCUT2D eigenvalue weighted by atomic mass is 16.3. The molecule has 0 amide bonds. The van der Waals surface area contributed by atoms with Crippen LogP contribution in [0.15, 0.2) is 47.8 Å². The molecule has 0 spiro atoms. The summed E-state index contributed by atoms with van der Waals surface area (Å²) < 4.78 is 0. The second-order valence-electron chi connectivity index (χ2n) is 3.04. The number of hydrogen-bond donors (Lipinski definition) is 1. The fourth-order valence-corrected chi connectivity index (χ4v) is 1.06. The third-order valence-corrected chi connectivity index (χ3v) is 1.94. The lowest BCUT2D eigenvalue weighted by Crippen LogP contribution is -2.24. The molecule has 1 aromatic carbocycles. The zero-order chi connectivity index (χ0) is 9.90. The van der Waals surface area contributed by atoms with Gasteiger partial charge in [-0.3, -0.25) is 4.79 Å². The van der Waals surface area contributed by atoms with Gasteiger partial charge in [0, 0.05) is 5.56 Å². The molecule has 0 fully saturated rings. The van der Waals surface area contributed by atoms with Gasteiger partial charge >= 0.3 is 0 Å². The van der Waals surface area contributed by atoms with Crippen LogP contribution in [0.2, 0.25) is 0 Å². The van der Waals surface area contributed by atoms with E-state index in [4.69, 9.17) is 0 Å². The predicted molar refractivity (Wildman–Crippen MR) is 52.5 cm³/mol. The molecule has 0 aliphatic rings. The molecule has 13 heavy (non-hydrogen) atoms. The molecule has 68 valence electrons. The maximum Gasteiger partial charge on any atom is 0.185 e. The van der Waals surface area contributed by atoms with Crippen molar-refractivity contribution in [2.24, 2.45) is 0 Å². The molecule has 1 rings (SSSR count). The first kappa shape index (κ1) is 9.68. The Hall–Kier alpha value is -1.41. The minimum absolute atomic E-state index is 0.185. The molecule has 0 bridgehead atoms. The van der Waals surface area contributed by atoms with Gasteiger partial charge in [-0.2, -0.15) is 0 Å². The van der Waals surface area contributed by atoms with Crippen molar-refractivity contribution in [1.29, 1.82) is 0 Å². The molecule has 1 atom stereocenters. The summed E-state index contributed by atoms with van der Waals surface area (Å²) >= 11 is 0. The largest absolute Gasteiger partial charge is 0.381 e. The summed E-state index contributed by atoms with van der Waals surface area (Å²) in [5, 5.41) is 9.77. The van der Waals surface area contributed by atoms with Gasteiger partial charge in [0.15, 0.2) is 5.43 Å². The topological polar surface area (TPSA) is 37.3 Å². The van der Waals surface area contributed by atoms with Crippen molar-refractivity contribution >= 4 is 0 Å². The Labute approximate surface area is 77.2 Å². The fourth-order valence-electron chi connectivity index (χ4n) is 1.06. The summed E-state index contributed by atoms with van der Waals surface area (Å²) in [5.41, 5.74) is -1.10. The molecule has 1 N–H and O–H groups in total. The maximum absolute atomic E-state index is 11.4. The van der Waals surface area contributed by atoms with E-state index in [9.17, 15) is 9.90 Å². The Morgan fingerprint density at radius 3 is 2.62 bits per heavy atom. The summed E-state index contributed by atoms with van der Waals surface area (Å²) in [6.45, 7) is 5.02. The maximum atomic E-state index is 11.4. The van der Waals surface area contributed by atoms with Crippen molar-refractivity contribution in [2.45, 2.75) is 12.5 Å². The second kappa shape index (κ2) is 3.54. The summed E-state index contributed by atoms with van der Waals surface area (Å²) in [6, 6.07) is 8.13. The Morgan fingerprint density at radius 1 is 1.38 bits per heavy atom. The van der Waals surface area contributed by atoms with Crippen LogP contribution in [0.5, 0.6) is 0 Å². The van der Waals surface area contributed by atoms with Crippen molar-refractivity contribution < 1.29 is 5.11 Å². The number of aliphatic hydroxyl groups is 1. The lowest BCUT2D eigenvalue weighted by molar-refractivity contribution is 0.110. The van der Waals surface area contributed by atoms with Crippen LogP contribution in [0.25, 0.3) is 0 Å². The minimum atomic E-state index is -1.25. The number of hydrogen-bond acceptors (Lipinski definition) is 2. The van der Waals surface area contributed by atoms with E-state index in [0.717, 1.165) is 0 Å². The molecule has 0 aliphatic carbocycles. The summed E-state index contributed by atoms with van der Waals surface area (Å²) in [6.07, 6.45) is 1.35. The average Bonchev–Trinajstić information content (AvgIpc) is 2.30. The quantitative estimate of drug-likeness (QED) is 0.692. The molecule has 0 saturated heterocycles. The van der Waals surface area contributed by atoms with Crippen LogP contribution < -0.4 is 5.43 Å². The Kier molecular flexibility index (Phi) is 2.63. The highest BCUT2D eigenvalue weighted by Crippen LogP contribution is 2.16. The smallest absolute Gasteiger partial charge is 0.185 e. The summed E-state index contributed by atoms with van der Waals surface area (Å²) in [7, 11) is 0. The zero-order valence-corrected chi connectivity index (χ0v) is 7.53. The van der Waals surface area contributed by atoms with E-state index in [1.807, 2.05) is 0 Å². The van der Waals surface area contributed by atoms with Crippen molar-refractivity contribution in [3.05, 3.63) is 58.8 Å². The van der Waals surface area contributed by atoms with E-state index >= 15 is 0 Å². The summed E-state index contributed by atoms with van der Waals surface area (Å²) in [5.74, 6) is 0. The van der Waals surface area contributed by atoms with Crippen molar-refractivity contribution in [3.8, 4) is 0 Å². The van der Waals surface area contributed by atoms with Crippen molar-refractivity contribution in [1.82, 2.24) is 0 Å². The van der Waals surface area contributed by atoms with Gasteiger partial charge in [0.05, 0.1) is 0 Å². The van der Waals surface area contributed by atoms with E-state index in [1.165, 1.54) is 19.1 Å². The van der Waals surface area contributed by atoms with E-state index in [-0.39, 0.29) is 5.43 Å². The average molecular weight is 176 g/mol. The van der Waals surface area contributed by atoms with Crippen LogP contribution in [0.4, 0.5) is 0 Å². The molecular formula is C11H12O2. The third-order valence-electron chi connectivity index (χ3n) is 1.94. The Balaban J connectivity index is 3.40. The SMILES string of the molecule is C=CC(C)(O)c1cccccc1=O. The Morgan fingerprint density at radius 2 is 2.00 bits per heavy atom. The minimum Gasteiger partial charge on any atom is -0.381 e. The molecule has 0 heterocycles. The van der Waals surface area contributed by atoms with Gasteiger partial charge < -0.3 is 5.11 Å². The molecule has 0 aromatic heterocycles. The van der Waals surface area contributed by atoms with Gasteiger partial charge in [0.2, 0.25) is 0 Å². The van der Waals surface area contributed by atoms with Crippen LogP contribution in [-0.4, -0.2) is 5.11 Å². The number of rotatable bonds is 2. The first-order chi connectivity index (χ1) is 6.08. The van der Waals surface area contributed by atoms with Crippen LogP contribution in [0.1, 0.15) is 12.5 Å². The van der Waals surface area contributed by atoms with Gasteiger partial charge in [-0.05, 0) is 13.0 Å². The lowest BCUT2D eigenvalue weighted by atomic mass is 9.98. The molecule has 1 unspecified atom stereocenters. The van der Waals surface area contributed by atoms with E-state index in [0.29, 0.717) is 5.56 Å². The van der Waals surface area contributed by atoms with Gasteiger partial charge in [-0.15, -0.1) is 0 Å². The highest BCUT2D eigenvalue weighted by Gasteiger charge is 2.20. The van der Waals surface area contributed by atoms with Crippen molar-refractivity contribution in [2.75, 3.05) is 0 Å². The van der Waals surface area contributed by atoms with E-state index < -0.39 is 5.60 Å². The van der Waals surface area contributed by atoms with Crippen LogP contribution in [-0.2, 0) is 5.60 Å². The van der Waals surface area contributed by atoms with Crippen LogP contribution in [0, 0.1) is 0 Å².